The first-order valence-electron chi connectivity index (χ1n) is 11.1. The number of aliphatic carboxylic acids is 1. The second-order valence-electron chi connectivity index (χ2n) is 8.27. The number of aryl methyl sites for hydroxylation is 4. The number of aliphatic imine (C=N–C) groups is 1. The minimum absolute atomic E-state index is 0.168. The molecule has 0 aliphatic carbocycles. The molecule has 4 nitrogen and oxygen atoms in total. The lowest BCUT2D eigenvalue weighted by atomic mass is 9.93. The molecule has 0 saturated heterocycles. The molecule has 0 aliphatic heterocycles. The molecule has 0 fully saturated rings. The number of rotatable bonds is 9. The van der Waals surface area contributed by atoms with E-state index in [1.165, 1.54) is 33.4 Å². The molecule has 2 N–H and O–H groups in total. The van der Waals surface area contributed by atoms with Crippen molar-refractivity contribution in [1.29, 1.82) is 0 Å². The van der Waals surface area contributed by atoms with Crippen LogP contribution in [-0.4, -0.2) is 16.9 Å². The third-order valence-corrected chi connectivity index (χ3v) is 5.73. The summed E-state index contributed by atoms with van der Waals surface area (Å²) in [6, 6.07) is 23.0. The molecule has 0 heterocycles. The number of carboxylic acid groups (broad SMARTS) is 1. The summed E-state index contributed by atoms with van der Waals surface area (Å²) in [4.78, 5) is 15.7. The summed E-state index contributed by atoms with van der Waals surface area (Å²) in [7, 11) is 0. The molecule has 0 aromatic heterocycles. The number of carbonyl (C=O) groups is 1. The highest BCUT2D eigenvalue weighted by Gasteiger charge is 2.08. The SMILES string of the molecule is CC(=NCc1cccc(CCc2cccc(C)c2CCC(=O)O)c1)Nc1ccccc1C. The Kier molecular flexibility index (Phi) is 8.20. The average molecular weight is 429 g/mol. The predicted octanol–water partition coefficient (Wildman–Crippen LogP) is 6.14. The van der Waals surface area contributed by atoms with E-state index in [4.69, 9.17) is 10.1 Å². The van der Waals surface area contributed by atoms with Crippen LogP contribution in [0.1, 0.15) is 46.7 Å². The zero-order chi connectivity index (χ0) is 22.9. The fourth-order valence-corrected chi connectivity index (χ4v) is 3.91. The zero-order valence-corrected chi connectivity index (χ0v) is 19.2. The van der Waals surface area contributed by atoms with E-state index in [-0.39, 0.29) is 6.42 Å². The molecule has 0 atom stereocenters. The van der Waals surface area contributed by atoms with Gasteiger partial charge in [-0.2, -0.15) is 0 Å². The number of nitrogens with one attached hydrogen (secondary N) is 1. The van der Waals surface area contributed by atoms with Crippen molar-refractivity contribution in [3.8, 4) is 0 Å². The summed E-state index contributed by atoms with van der Waals surface area (Å²) in [6.07, 6.45) is 2.57. The number of amidine groups is 1. The largest absolute Gasteiger partial charge is 0.481 e. The molecular weight excluding hydrogens is 396 g/mol. The lowest BCUT2D eigenvalue weighted by molar-refractivity contribution is -0.136. The van der Waals surface area contributed by atoms with Gasteiger partial charge in [-0.3, -0.25) is 9.79 Å². The highest BCUT2D eigenvalue weighted by molar-refractivity contribution is 5.94. The van der Waals surface area contributed by atoms with Gasteiger partial charge in [0, 0.05) is 12.1 Å². The van der Waals surface area contributed by atoms with Crippen LogP contribution in [0.15, 0.2) is 71.7 Å². The number of para-hydroxylation sites is 1. The highest BCUT2D eigenvalue weighted by atomic mass is 16.4. The summed E-state index contributed by atoms with van der Waals surface area (Å²) in [5, 5.41) is 12.4. The number of benzene rings is 3. The Labute approximate surface area is 191 Å². The van der Waals surface area contributed by atoms with Crippen LogP contribution in [0, 0.1) is 13.8 Å². The maximum absolute atomic E-state index is 11.0. The van der Waals surface area contributed by atoms with Gasteiger partial charge in [0.1, 0.15) is 0 Å². The van der Waals surface area contributed by atoms with E-state index in [0.29, 0.717) is 13.0 Å². The van der Waals surface area contributed by atoms with Crippen molar-refractivity contribution < 1.29 is 9.90 Å². The van der Waals surface area contributed by atoms with Crippen molar-refractivity contribution in [3.63, 3.8) is 0 Å². The van der Waals surface area contributed by atoms with Gasteiger partial charge in [0.15, 0.2) is 0 Å². The molecule has 0 saturated carbocycles. The van der Waals surface area contributed by atoms with Crippen molar-refractivity contribution in [1.82, 2.24) is 0 Å². The molecule has 32 heavy (non-hydrogen) atoms. The van der Waals surface area contributed by atoms with Crippen LogP contribution in [-0.2, 0) is 30.6 Å². The van der Waals surface area contributed by atoms with E-state index in [2.05, 4.69) is 73.8 Å². The van der Waals surface area contributed by atoms with E-state index in [1.54, 1.807) is 0 Å². The van der Waals surface area contributed by atoms with Crippen LogP contribution in [0.25, 0.3) is 0 Å². The van der Waals surface area contributed by atoms with Crippen molar-refractivity contribution in [2.45, 2.75) is 53.0 Å². The molecule has 0 spiro atoms. The van der Waals surface area contributed by atoms with Gasteiger partial charge in [-0.1, -0.05) is 60.7 Å². The maximum Gasteiger partial charge on any atom is 0.303 e. The van der Waals surface area contributed by atoms with Gasteiger partial charge in [0.05, 0.1) is 12.4 Å². The standard InChI is InChI=1S/C28H32N2O2/c1-20-9-6-12-25(26(20)16-17-28(31)32)15-14-23-10-7-11-24(18-23)19-29-22(3)30-27-13-5-4-8-21(27)2/h4-13,18H,14-17,19H2,1-3H3,(H,29,30)(H,31,32). The van der Waals surface area contributed by atoms with Gasteiger partial charge < -0.3 is 10.4 Å². The van der Waals surface area contributed by atoms with E-state index in [0.717, 1.165) is 24.4 Å². The van der Waals surface area contributed by atoms with Crippen molar-refractivity contribution in [2.75, 3.05) is 5.32 Å². The van der Waals surface area contributed by atoms with Crippen LogP contribution >= 0.6 is 0 Å². The first-order valence-corrected chi connectivity index (χ1v) is 11.1. The molecule has 3 aromatic carbocycles. The van der Waals surface area contributed by atoms with Crippen LogP contribution in [0.4, 0.5) is 5.69 Å². The number of hydrogen-bond acceptors (Lipinski definition) is 2. The van der Waals surface area contributed by atoms with Gasteiger partial charge >= 0.3 is 5.97 Å². The van der Waals surface area contributed by atoms with E-state index >= 15 is 0 Å². The van der Waals surface area contributed by atoms with Gasteiger partial charge in [-0.05, 0) is 79.5 Å². The molecular formula is C28H32N2O2. The molecule has 0 bridgehead atoms. The highest BCUT2D eigenvalue weighted by Crippen LogP contribution is 2.19. The average Bonchev–Trinajstić information content (AvgIpc) is 2.77. The van der Waals surface area contributed by atoms with Crippen LogP contribution in [0.3, 0.4) is 0 Å². The Morgan fingerprint density at radius 1 is 0.875 bits per heavy atom. The molecule has 4 heteroatoms. The summed E-state index contributed by atoms with van der Waals surface area (Å²) in [6.45, 7) is 6.77. The fraction of sp³-hybridized carbons (Fsp3) is 0.286. The van der Waals surface area contributed by atoms with Crippen LogP contribution in [0.2, 0.25) is 0 Å². The summed E-state index contributed by atoms with van der Waals surface area (Å²) < 4.78 is 0. The van der Waals surface area contributed by atoms with E-state index in [1.807, 2.05) is 19.1 Å². The first-order chi connectivity index (χ1) is 15.4. The zero-order valence-electron chi connectivity index (χ0n) is 19.2. The van der Waals surface area contributed by atoms with Gasteiger partial charge in [-0.15, -0.1) is 0 Å². The minimum Gasteiger partial charge on any atom is -0.481 e. The maximum atomic E-state index is 11.0. The molecule has 0 radical (unpaired) electrons. The number of nitrogens with zero attached hydrogens (tertiary/aromatic N) is 1. The van der Waals surface area contributed by atoms with Gasteiger partial charge in [0.25, 0.3) is 0 Å². The Balaban J connectivity index is 1.63. The van der Waals surface area contributed by atoms with Crippen molar-refractivity contribution in [3.05, 3.63) is 100 Å². The quantitative estimate of drug-likeness (QED) is 0.318. The number of carboxylic acids is 1. The monoisotopic (exact) mass is 428 g/mol. The van der Waals surface area contributed by atoms with Crippen LogP contribution < -0.4 is 5.32 Å². The Hall–Kier alpha value is -3.40. The first kappa shape index (κ1) is 23.3. The summed E-state index contributed by atoms with van der Waals surface area (Å²) >= 11 is 0. The van der Waals surface area contributed by atoms with E-state index < -0.39 is 5.97 Å². The Morgan fingerprint density at radius 2 is 1.59 bits per heavy atom. The predicted molar refractivity (Wildman–Crippen MR) is 133 cm³/mol. The van der Waals surface area contributed by atoms with Gasteiger partial charge in [-0.25, -0.2) is 0 Å². The fourth-order valence-electron chi connectivity index (χ4n) is 3.91. The molecule has 3 rings (SSSR count). The number of anilines is 1. The third-order valence-electron chi connectivity index (χ3n) is 5.73. The van der Waals surface area contributed by atoms with E-state index in [9.17, 15) is 4.79 Å². The molecule has 3 aromatic rings. The molecule has 166 valence electrons. The molecule has 0 unspecified atom stereocenters. The third kappa shape index (κ3) is 6.81. The smallest absolute Gasteiger partial charge is 0.303 e. The number of hydrogen-bond donors (Lipinski definition) is 2. The second kappa shape index (κ2) is 11.3. The second-order valence-corrected chi connectivity index (χ2v) is 8.27. The minimum atomic E-state index is -0.750. The topological polar surface area (TPSA) is 61.7 Å². The Bertz CT molecular complexity index is 1100. The van der Waals surface area contributed by atoms with Gasteiger partial charge in [0.2, 0.25) is 0 Å². The lowest BCUT2D eigenvalue weighted by Gasteiger charge is -2.12. The molecule has 0 amide bonds. The molecule has 0 aliphatic rings. The van der Waals surface area contributed by atoms with Crippen molar-refractivity contribution >= 4 is 17.5 Å². The normalized spacial score (nSPS) is 11.4. The van der Waals surface area contributed by atoms with Crippen LogP contribution in [0.5, 0.6) is 0 Å². The lowest BCUT2D eigenvalue weighted by Crippen LogP contribution is -2.08. The summed E-state index contributed by atoms with van der Waals surface area (Å²) in [5.41, 5.74) is 8.32. The summed E-state index contributed by atoms with van der Waals surface area (Å²) in [5.74, 6) is 0.146. The van der Waals surface area contributed by atoms with Crippen molar-refractivity contribution in [2.24, 2.45) is 4.99 Å². The Morgan fingerprint density at radius 3 is 2.38 bits per heavy atom.